The zero-order valence-electron chi connectivity index (χ0n) is 25.5. The minimum atomic E-state index is -0.424. The predicted molar refractivity (Wildman–Crippen MR) is 185 cm³/mol. The van der Waals surface area contributed by atoms with E-state index in [9.17, 15) is 5.26 Å². The number of benzene rings is 6. The Morgan fingerprint density at radius 2 is 1.28 bits per heavy atom. The first-order valence-electron chi connectivity index (χ1n) is 15.4. The molecule has 0 fully saturated rings. The largest absolute Gasteiger partial charge is 0.455 e. The minimum absolute atomic E-state index is 0.424. The van der Waals surface area contributed by atoms with Crippen molar-refractivity contribution >= 4 is 10.9 Å². The highest BCUT2D eigenvalue weighted by Crippen LogP contribution is 2.53. The smallest absolute Gasteiger partial charge is 0.161 e. The van der Waals surface area contributed by atoms with Crippen LogP contribution in [0, 0.1) is 11.3 Å². The van der Waals surface area contributed by atoms with E-state index in [4.69, 9.17) is 14.7 Å². The Morgan fingerprint density at radius 1 is 0.609 bits per heavy atom. The van der Waals surface area contributed by atoms with Gasteiger partial charge in [-0.3, -0.25) is 0 Å². The van der Waals surface area contributed by atoms with Crippen LogP contribution in [0.5, 0.6) is 11.5 Å². The highest BCUT2D eigenvalue weighted by molar-refractivity contribution is 5.95. The molecule has 46 heavy (non-hydrogen) atoms. The first kappa shape index (κ1) is 27.5. The van der Waals surface area contributed by atoms with Gasteiger partial charge in [0.15, 0.2) is 5.82 Å². The van der Waals surface area contributed by atoms with Crippen LogP contribution in [0.15, 0.2) is 140 Å². The van der Waals surface area contributed by atoms with Crippen LogP contribution in [-0.4, -0.2) is 9.97 Å². The van der Waals surface area contributed by atoms with Gasteiger partial charge in [0.2, 0.25) is 0 Å². The molecule has 0 N–H and O–H groups in total. The van der Waals surface area contributed by atoms with Gasteiger partial charge in [-0.1, -0.05) is 129 Å². The van der Waals surface area contributed by atoms with Crippen molar-refractivity contribution < 1.29 is 4.74 Å². The van der Waals surface area contributed by atoms with Crippen LogP contribution in [0.1, 0.15) is 30.5 Å². The van der Waals surface area contributed by atoms with Crippen LogP contribution in [0.25, 0.3) is 55.8 Å². The van der Waals surface area contributed by atoms with Gasteiger partial charge in [-0.05, 0) is 46.5 Å². The summed E-state index contributed by atoms with van der Waals surface area (Å²) >= 11 is 0. The number of ether oxygens (including phenoxy) is 1. The molecule has 0 saturated carbocycles. The van der Waals surface area contributed by atoms with E-state index in [0.717, 1.165) is 66.9 Å². The van der Waals surface area contributed by atoms with Gasteiger partial charge in [0.1, 0.15) is 17.6 Å². The molecule has 0 saturated heterocycles. The van der Waals surface area contributed by atoms with E-state index in [1.54, 1.807) is 0 Å². The Balaban J connectivity index is 1.32. The SMILES string of the molecule is CC1(C)c2cccc(C#N)c2Oc2cccc(-c3ccccc3-c3nc(-c4cccc(-c5ccccc5)c4)c4ccccc4n3)c21. The molecule has 2 heterocycles. The lowest BCUT2D eigenvalue weighted by Gasteiger charge is -2.36. The molecule has 0 amide bonds. The first-order valence-corrected chi connectivity index (χ1v) is 15.4. The van der Waals surface area contributed by atoms with E-state index in [1.165, 1.54) is 0 Å². The van der Waals surface area contributed by atoms with Crippen LogP contribution in [0.4, 0.5) is 0 Å². The number of hydrogen-bond donors (Lipinski definition) is 0. The lowest BCUT2D eigenvalue weighted by Crippen LogP contribution is -2.25. The summed E-state index contributed by atoms with van der Waals surface area (Å²) in [5, 5.41) is 10.8. The molecule has 0 aliphatic carbocycles. The van der Waals surface area contributed by atoms with Crippen molar-refractivity contribution in [3.8, 4) is 62.5 Å². The molecule has 218 valence electrons. The second-order valence-corrected chi connectivity index (χ2v) is 12.1. The fourth-order valence-electron chi connectivity index (χ4n) is 6.76. The van der Waals surface area contributed by atoms with Gasteiger partial charge in [0, 0.05) is 33.1 Å². The highest BCUT2D eigenvalue weighted by Gasteiger charge is 2.38. The van der Waals surface area contributed by atoms with Crippen LogP contribution < -0.4 is 4.74 Å². The van der Waals surface area contributed by atoms with Gasteiger partial charge in [0.05, 0.1) is 16.8 Å². The van der Waals surface area contributed by atoms with Crippen molar-refractivity contribution in [3.05, 3.63) is 156 Å². The molecule has 0 unspecified atom stereocenters. The molecule has 8 rings (SSSR count). The van der Waals surface area contributed by atoms with Crippen molar-refractivity contribution in [1.82, 2.24) is 9.97 Å². The first-order chi connectivity index (χ1) is 22.5. The van der Waals surface area contributed by atoms with Gasteiger partial charge < -0.3 is 4.74 Å². The third-order valence-corrected chi connectivity index (χ3v) is 8.98. The van der Waals surface area contributed by atoms with Gasteiger partial charge in [-0.2, -0.15) is 5.26 Å². The summed E-state index contributed by atoms with van der Waals surface area (Å²) < 4.78 is 6.47. The Bertz CT molecular complexity index is 2330. The third-order valence-electron chi connectivity index (χ3n) is 8.98. The number of aromatic nitrogens is 2. The van der Waals surface area contributed by atoms with E-state index in [0.29, 0.717) is 17.1 Å². The number of rotatable bonds is 4. The summed E-state index contributed by atoms with van der Waals surface area (Å²) in [4.78, 5) is 10.4. The zero-order valence-corrected chi connectivity index (χ0v) is 25.5. The van der Waals surface area contributed by atoms with E-state index in [2.05, 4.69) is 111 Å². The molecule has 0 bridgehead atoms. The second kappa shape index (κ2) is 10.8. The summed E-state index contributed by atoms with van der Waals surface area (Å²) in [5.41, 5.74) is 10.3. The molecule has 4 nitrogen and oxygen atoms in total. The van der Waals surface area contributed by atoms with E-state index >= 15 is 0 Å². The molecule has 0 radical (unpaired) electrons. The number of hydrogen-bond acceptors (Lipinski definition) is 4. The molecular weight excluding hydrogens is 562 g/mol. The van der Waals surface area contributed by atoms with E-state index in [1.807, 2.05) is 48.5 Å². The lowest BCUT2D eigenvalue weighted by molar-refractivity contribution is 0.417. The lowest BCUT2D eigenvalue weighted by atomic mass is 9.72. The molecule has 7 aromatic rings. The molecule has 1 aromatic heterocycles. The van der Waals surface area contributed by atoms with Crippen molar-refractivity contribution in [1.29, 1.82) is 5.26 Å². The topological polar surface area (TPSA) is 58.8 Å². The second-order valence-electron chi connectivity index (χ2n) is 12.1. The summed E-state index contributed by atoms with van der Waals surface area (Å²) in [6.07, 6.45) is 0. The average molecular weight is 592 g/mol. The Hall–Kier alpha value is -6.05. The normalized spacial score (nSPS) is 12.9. The van der Waals surface area contributed by atoms with Crippen LogP contribution >= 0.6 is 0 Å². The number of fused-ring (bicyclic) bond motifs is 3. The van der Waals surface area contributed by atoms with E-state index in [-0.39, 0.29) is 0 Å². The van der Waals surface area contributed by atoms with Crippen molar-refractivity contribution in [2.24, 2.45) is 0 Å². The third kappa shape index (κ3) is 4.45. The number of nitriles is 1. The van der Waals surface area contributed by atoms with Crippen LogP contribution in [-0.2, 0) is 5.41 Å². The van der Waals surface area contributed by atoms with Crippen molar-refractivity contribution in [2.75, 3.05) is 0 Å². The molecule has 0 spiro atoms. The molecule has 6 aromatic carbocycles. The van der Waals surface area contributed by atoms with Crippen molar-refractivity contribution in [3.63, 3.8) is 0 Å². The monoisotopic (exact) mass is 591 g/mol. The van der Waals surface area contributed by atoms with Crippen LogP contribution in [0.2, 0.25) is 0 Å². The van der Waals surface area contributed by atoms with Gasteiger partial charge in [-0.15, -0.1) is 0 Å². The maximum Gasteiger partial charge on any atom is 0.161 e. The highest BCUT2D eigenvalue weighted by atomic mass is 16.5. The fraction of sp³-hybridized carbons (Fsp3) is 0.0714. The summed E-state index contributed by atoms with van der Waals surface area (Å²) in [6, 6.07) is 49.8. The van der Waals surface area contributed by atoms with E-state index < -0.39 is 5.41 Å². The van der Waals surface area contributed by atoms with Crippen molar-refractivity contribution in [2.45, 2.75) is 19.3 Å². The molecule has 4 heteroatoms. The Morgan fingerprint density at radius 3 is 2.13 bits per heavy atom. The summed E-state index contributed by atoms with van der Waals surface area (Å²) in [7, 11) is 0. The summed E-state index contributed by atoms with van der Waals surface area (Å²) in [6.45, 7) is 4.40. The number of nitrogens with zero attached hydrogens (tertiary/aromatic N) is 3. The minimum Gasteiger partial charge on any atom is -0.455 e. The van der Waals surface area contributed by atoms with Gasteiger partial charge in [-0.25, -0.2) is 9.97 Å². The standard InChI is InChI=1S/C42H29N3O/c1-42(2)35-22-11-17-30(26-43)40(35)46-37-24-12-21-32(38(37)42)31-18-6-7-19-33(31)41-44-36-23-9-8-20-34(36)39(45-41)29-16-10-15-28(25-29)27-13-4-3-5-14-27/h3-25H,1-2H3. The number of para-hydroxylation sites is 2. The Labute approximate surface area is 268 Å². The molecule has 1 aliphatic heterocycles. The molecule has 1 aliphatic rings. The maximum atomic E-state index is 9.82. The fourth-order valence-corrected chi connectivity index (χ4v) is 6.76. The Kier molecular flexibility index (Phi) is 6.48. The molecule has 0 atom stereocenters. The quantitative estimate of drug-likeness (QED) is 0.204. The maximum absolute atomic E-state index is 9.82. The van der Waals surface area contributed by atoms with Gasteiger partial charge >= 0.3 is 0 Å². The summed E-state index contributed by atoms with van der Waals surface area (Å²) in [5.74, 6) is 2.05. The predicted octanol–water partition coefficient (Wildman–Crippen LogP) is 10.6. The van der Waals surface area contributed by atoms with Gasteiger partial charge in [0.25, 0.3) is 0 Å². The average Bonchev–Trinajstić information content (AvgIpc) is 3.11. The molecular formula is C42H29N3O. The van der Waals surface area contributed by atoms with Crippen LogP contribution in [0.3, 0.4) is 0 Å². The zero-order chi connectivity index (χ0) is 31.3.